The number of likely N-dealkylation sites (N-methyl/N-ethyl adjacent to an activating group) is 2. The Bertz CT molecular complexity index is 208. The van der Waals surface area contributed by atoms with E-state index < -0.39 is 5.97 Å². The Morgan fingerprint density at radius 3 is 2.29 bits per heavy atom. The van der Waals surface area contributed by atoms with Gasteiger partial charge in [-0.2, -0.15) is 0 Å². The minimum absolute atomic E-state index is 0.125. The summed E-state index contributed by atoms with van der Waals surface area (Å²) in [6.45, 7) is 1.98. The van der Waals surface area contributed by atoms with E-state index in [-0.39, 0.29) is 25.7 Å². The Labute approximate surface area is 82.7 Å². The van der Waals surface area contributed by atoms with E-state index in [1.165, 1.54) is 11.9 Å². The van der Waals surface area contributed by atoms with Crippen molar-refractivity contribution in [2.24, 2.45) is 0 Å². The average Bonchev–Trinajstić information content (AvgIpc) is 2.12. The quantitative estimate of drug-likeness (QED) is 0.628. The number of aliphatic hydroxyl groups excluding tert-OH is 1. The second-order valence-electron chi connectivity index (χ2n) is 2.84. The van der Waals surface area contributed by atoms with Crippen LogP contribution in [-0.2, 0) is 4.79 Å². The van der Waals surface area contributed by atoms with Gasteiger partial charge in [-0.3, -0.25) is 4.79 Å². The molecule has 0 aromatic rings. The van der Waals surface area contributed by atoms with E-state index in [1.54, 1.807) is 6.92 Å². The SMILES string of the molecule is CCN(CCO)C(=O)N(C)CC(=O)O. The molecule has 0 rings (SSSR count). The third-order valence-electron chi connectivity index (χ3n) is 1.72. The highest BCUT2D eigenvalue weighted by Gasteiger charge is 2.17. The number of rotatable bonds is 5. The number of hydrogen-bond donors (Lipinski definition) is 2. The first-order valence-electron chi connectivity index (χ1n) is 4.35. The molecule has 0 aromatic heterocycles. The normalized spacial score (nSPS) is 9.64. The lowest BCUT2D eigenvalue weighted by Gasteiger charge is -2.25. The number of aliphatic hydroxyl groups is 1. The molecule has 0 saturated carbocycles. The van der Waals surface area contributed by atoms with Crippen LogP contribution in [0.5, 0.6) is 0 Å². The van der Waals surface area contributed by atoms with Crippen molar-refractivity contribution in [3.63, 3.8) is 0 Å². The molecular formula is C8H16N2O4. The third-order valence-corrected chi connectivity index (χ3v) is 1.72. The number of carbonyl (C=O) groups is 2. The molecule has 0 aliphatic carbocycles. The van der Waals surface area contributed by atoms with E-state index in [9.17, 15) is 9.59 Å². The molecule has 0 aromatic carbocycles. The van der Waals surface area contributed by atoms with Crippen molar-refractivity contribution >= 4 is 12.0 Å². The van der Waals surface area contributed by atoms with Crippen LogP contribution in [0, 0.1) is 0 Å². The highest BCUT2D eigenvalue weighted by atomic mass is 16.4. The molecular weight excluding hydrogens is 188 g/mol. The molecule has 14 heavy (non-hydrogen) atoms. The number of carboxylic acid groups (broad SMARTS) is 1. The number of carboxylic acids is 1. The maximum absolute atomic E-state index is 11.5. The standard InChI is InChI=1S/C8H16N2O4/c1-3-10(4-5-11)8(14)9(2)6-7(12)13/h11H,3-6H2,1-2H3,(H,12,13). The van der Waals surface area contributed by atoms with Gasteiger partial charge >= 0.3 is 12.0 Å². The topological polar surface area (TPSA) is 81.1 Å². The van der Waals surface area contributed by atoms with Gasteiger partial charge in [-0.25, -0.2) is 4.79 Å². The Morgan fingerprint density at radius 1 is 1.36 bits per heavy atom. The van der Waals surface area contributed by atoms with Gasteiger partial charge in [0.25, 0.3) is 0 Å². The van der Waals surface area contributed by atoms with Crippen molar-refractivity contribution < 1.29 is 19.8 Å². The Morgan fingerprint density at radius 2 is 1.93 bits per heavy atom. The van der Waals surface area contributed by atoms with E-state index in [1.807, 2.05) is 0 Å². The molecule has 0 spiro atoms. The van der Waals surface area contributed by atoms with Crippen LogP contribution in [0.2, 0.25) is 0 Å². The lowest BCUT2D eigenvalue weighted by atomic mass is 10.5. The smallest absolute Gasteiger partial charge is 0.323 e. The molecule has 82 valence electrons. The first-order valence-corrected chi connectivity index (χ1v) is 4.35. The average molecular weight is 204 g/mol. The van der Waals surface area contributed by atoms with Crippen LogP contribution in [0.3, 0.4) is 0 Å². The van der Waals surface area contributed by atoms with Gasteiger partial charge < -0.3 is 20.0 Å². The number of nitrogens with zero attached hydrogens (tertiary/aromatic N) is 2. The van der Waals surface area contributed by atoms with Gasteiger partial charge in [0.2, 0.25) is 0 Å². The zero-order chi connectivity index (χ0) is 11.1. The Kier molecular flexibility index (Phi) is 5.62. The van der Waals surface area contributed by atoms with E-state index in [0.29, 0.717) is 6.54 Å². The van der Waals surface area contributed by atoms with Crippen molar-refractivity contribution in [1.82, 2.24) is 9.80 Å². The lowest BCUT2D eigenvalue weighted by molar-refractivity contribution is -0.137. The fourth-order valence-electron chi connectivity index (χ4n) is 1.02. The predicted molar refractivity (Wildman–Crippen MR) is 50.0 cm³/mol. The monoisotopic (exact) mass is 204 g/mol. The van der Waals surface area contributed by atoms with Gasteiger partial charge in [0, 0.05) is 20.1 Å². The molecule has 0 radical (unpaired) electrons. The van der Waals surface area contributed by atoms with Crippen LogP contribution in [0.25, 0.3) is 0 Å². The molecule has 0 bridgehead atoms. The summed E-state index contributed by atoms with van der Waals surface area (Å²) in [5.74, 6) is -1.05. The molecule has 0 saturated heterocycles. The van der Waals surface area contributed by atoms with Crippen molar-refractivity contribution in [1.29, 1.82) is 0 Å². The Balaban J connectivity index is 4.19. The minimum atomic E-state index is -1.05. The number of amides is 2. The number of hydrogen-bond acceptors (Lipinski definition) is 3. The molecule has 6 heteroatoms. The second kappa shape index (κ2) is 6.20. The molecule has 2 amide bonds. The summed E-state index contributed by atoms with van der Waals surface area (Å²) >= 11 is 0. The minimum Gasteiger partial charge on any atom is -0.480 e. The number of aliphatic carboxylic acids is 1. The van der Waals surface area contributed by atoms with E-state index in [0.717, 1.165) is 4.90 Å². The van der Waals surface area contributed by atoms with Gasteiger partial charge in [-0.15, -0.1) is 0 Å². The largest absolute Gasteiger partial charge is 0.480 e. The summed E-state index contributed by atoms with van der Waals surface area (Å²) < 4.78 is 0. The highest BCUT2D eigenvalue weighted by molar-refractivity contribution is 5.79. The van der Waals surface area contributed by atoms with Gasteiger partial charge in [-0.05, 0) is 6.92 Å². The maximum Gasteiger partial charge on any atom is 0.323 e. The van der Waals surface area contributed by atoms with Gasteiger partial charge in [-0.1, -0.05) is 0 Å². The van der Waals surface area contributed by atoms with Gasteiger partial charge in [0.1, 0.15) is 6.54 Å². The molecule has 2 N–H and O–H groups in total. The van der Waals surface area contributed by atoms with Crippen LogP contribution in [-0.4, -0.2) is 65.3 Å². The predicted octanol–water partition coefficient (Wildman–Crippen LogP) is -0.563. The summed E-state index contributed by atoms with van der Waals surface area (Å²) in [6.07, 6.45) is 0. The number of carbonyl (C=O) groups excluding carboxylic acids is 1. The fraction of sp³-hybridized carbons (Fsp3) is 0.750. The second-order valence-corrected chi connectivity index (χ2v) is 2.84. The van der Waals surface area contributed by atoms with Crippen LogP contribution in [0.1, 0.15) is 6.92 Å². The molecule has 6 nitrogen and oxygen atoms in total. The molecule has 0 heterocycles. The zero-order valence-corrected chi connectivity index (χ0v) is 8.43. The summed E-state index contributed by atoms with van der Waals surface area (Å²) in [4.78, 5) is 24.3. The van der Waals surface area contributed by atoms with Gasteiger partial charge in [0.15, 0.2) is 0 Å². The van der Waals surface area contributed by atoms with Crippen LogP contribution in [0.15, 0.2) is 0 Å². The maximum atomic E-state index is 11.5. The first-order chi connectivity index (χ1) is 6.52. The summed E-state index contributed by atoms with van der Waals surface area (Å²) in [7, 11) is 1.41. The van der Waals surface area contributed by atoms with E-state index in [4.69, 9.17) is 10.2 Å². The Hall–Kier alpha value is -1.30. The molecule has 0 aliphatic rings. The first kappa shape index (κ1) is 12.7. The van der Waals surface area contributed by atoms with Crippen molar-refractivity contribution in [3.8, 4) is 0 Å². The lowest BCUT2D eigenvalue weighted by Crippen LogP contribution is -2.44. The summed E-state index contributed by atoms with van der Waals surface area (Å²) in [5.41, 5.74) is 0. The fourth-order valence-corrected chi connectivity index (χ4v) is 1.02. The third kappa shape index (κ3) is 4.08. The van der Waals surface area contributed by atoms with Crippen LogP contribution < -0.4 is 0 Å². The number of urea groups is 1. The van der Waals surface area contributed by atoms with E-state index >= 15 is 0 Å². The molecule has 0 aliphatic heterocycles. The molecule has 0 atom stereocenters. The zero-order valence-electron chi connectivity index (χ0n) is 8.43. The summed E-state index contributed by atoms with van der Waals surface area (Å²) in [5, 5.41) is 17.1. The van der Waals surface area contributed by atoms with Crippen LogP contribution in [0.4, 0.5) is 4.79 Å². The molecule has 0 unspecified atom stereocenters. The van der Waals surface area contributed by atoms with Crippen LogP contribution >= 0.6 is 0 Å². The highest BCUT2D eigenvalue weighted by Crippen LogP contribution is 1.95. The molecule has 0 fully saturated rings. The van der Waals surface area contributed by atoms with Crippen molar-refractivity contribution in [2.45, 2.75) is 6.92 Å². The van der Waals surface area contributed by atoms with Crippen molar-refractivity contribution in [2.75, 3.05) is 33.3 Å². The summed E-state index contributed by atoms with van der Waals surface area (Å²) in [6, 6.07) is -0.385. The van der Waals surface area contributed by atoms with Gasteiger partial charge in [0.05, 0.1) is 6.61 Å². The van der Waals surface area contributed by atoms with E-state index in [2.05, 4.69) is 0 Å². The van der Waals surface area contributed by atoms with Crippen molar-refractivity contribution in [3.05, 3.63) is 0 Å².